The van der Waals surface area contributed by atoms with Crippen LogP contribution in [0.15, 0.2) is 36.9 Å². The molecule has 1 aliphatic carbocycles. The molecule has 0 aromatic heterocycles. The molecule has 124 valence electrons. The Hall–Kier alpha value is -1.54. The predicted octanol–water partition coefficient (Wildman–Crippen LogP) is 4.16. The monoisotopic (exact) mass is 310 g/mol. The van der Waals surface area contributed by atoms with Crippen LogP contribution in [0.25, 0.3) is 5.70 Å². The number of nitrogens with one attached hydrogen (secondary N) is 1. The third-order valence-electron chi connectivity index (χ3n) is 5.51. The van der Waals surface area contributed by atoms with Crippen LogP contribution in [-0.2, 0) is 12.8 Å². The topological polar surface area (TPSA) is 15.3 Å². The molecule has 2 heteroatoms. The van der Waals surface area contributed by atoms with Crippen LogP contribution >= 0.6 is 0 Å². The van der Waals surface area contributed by atoms with Crippen LogP contribution in [0, 0.1) is 0 Å². The third kappa shape index (κ3) is 3.69. The van der Waals surface area contributed by atoms with Crippen LogP contribution in [0.1, 0.15) is 49.3 Å². The van der Waals surface area contributed by atoms with Gasteiger partial charge < -0.3 is 5.32 Å². The first kappa shape index (κ1) is 16.3. The molecule has 2 unspecified atom stereocenters. The number of likely N-dealkylation sites (tertiary alicyclic amines) is 1. The van der Waals surface area contributed by atoms with Crippen molar-refractivity contribution < 1.29 is 0 Å². The van der Waals surface area contributed by atoms with Crippen LogP contribution < -0.4 is 5.32 Å². The quantitative estimate of drug-likeness (QED) is 0.840. The van der Waals surface area contributed by atoms with Crippen molar-refractivity contribution in [3.63, 3.8) is 0 Å². The fourth-order valence-corrected chi connectivity index (χ4v) is 4.04. The first-order valence-electron chi connectivity index (χ1n) is 8.98. The number of hydrogen-bond donors (Lipinski definition) is 1. The summed E-state index contributed by atoms with van der Waals surface area (Å²) < 4.78 is 0. The highest BCUT2D eigenvalue weighted by Crippen LogP contribution is 2.26. The van der Waals surface area contributed by atoms with Gasteiger partial charge >= 0.3 is 0 Å². The van der Waals surface area contributed by atoms with E-state index in [2.05, 4.69) is 55.5 Å². The van der Waals surface area contributed by atoms with Crippen molar-refractivity contribution in [3.8, 4) is 0 Å². The average Bonchev–Trinajstić information content (AvgIpc) is 2.55. The molecule has 2 atom stereocenters. The van der Waals surface area contributed by atoms with E-state index in [-0.39, 0.29) is 0 Å². The number of piperidine rings is 1. The summed E-state index contributed by atoms with van der Waals surface area (Å²) in [6, 6.07) is 7.89. The summed E-state index contributed by atoms with van der Waals surface area (Å²) in [5, 5.41) is 3.69. The molecule has 2 nitrogen and oxygen atoms in total. The lowest BCUT2D eigenvalue weighted by Gasteiger charge is -2.38. The second kappa shape index (κ2) is 6.92. The van der Waals surface area contributed by atoms with Crippen molar-refractivity contribution in [2.45, 2.75) is 57.5 Å². The lowest BCUT2D eigenvalue weighted by atomic mass is 9.89. The summed E-state index contributed by atoms with van der Waals surface area (Å²) in [4.78, 5) is 2.42. The summed E-state index contributed by atoms with van der Waals surface area (Å²) in [5.41, 5.74) is 6.66. The Morgan fingerprint density at radius 2 is 1.91 bits per heavy atom. The Morgan fingerprint density at radius 3 is 2.65 bits per heavy atom. The maximum Gasteiger partial charge on any atom is 0.0343 e. The Morgan fingerprint density at radius 1 is 1.17 bits per heavy atom. The van der Waals surface area contributed by atoms with Crippen molar-refractivity contribution in [3.05, 3.63) is 53.6 Å². The molecule has 1 aliphatic heterocycles. The van der Waals surface area contributed by atoms with Crippen LogP contribution in [0.2, 0.25) is 0 Å². The summed E-state index contributed by atoms with van der Waals surface area (Å²) >= 11 is 0. The minimum absolute atomic E-state index is 0.484. The maximum absolute atomic E-state index is 4.31. The van der Waals surface area contributed by atoms with Gasteiger partial charge in [0.05, 0.1) is 0 Å². The van der Waals surface area contributed by atoms with E-state index >= 15 is 0 Å². The van der Waals surface area contributed by atoms with Gasteiger partial charge in [-0.1, -0.05) is 30.9 Å². The first-order chi connectivity index (χ1) is 11.0. The molecular formula is C21H30N2. The van der Waals surface area contributed by atoms with Crippen LogP contribution in [0.5, 0.6) is 0 Å². The Bertz CT molecular complexity index is 602. The molecule has 1 N–H and O–H groups in total. The Kier molecular flexibility index (Phi) is 4.91. The molecule has 0 amide bonds. The molecule has 1 heterocycles. The molecule has 0 saturated carbocycles. The second-order valence-corrected chi connectivity index (χ2v) is 7.38. The highest BCUT2D eigenvalue weighted by atomic mass is 15.2. The van der Waals surface area contributed by atoms with E-state index in [1.807, 2.05) is 0 Å². The molecule has 3 rings (SSSR count). The van der Waals surface area contributed by atoms with Gasteiger partial charge in [0.2, 0.25) is 0 Å². The largest absolute Gasteiger partial charge is 0.382 e. The van der Waals surface area contributed by atoms with Crippen molar-refractivity contribution >= 4 is 5.70 Å². The van der Waals surface area contributed by atoms with E-state index in [1.165, 1.54) is 54.4 Å². The number of fused-ring (bicyclic) bond motifs is 1. The van der Waals surface area contributed by atoms with Gasteiger partial charge in [-0.2, -0.15) is 0 Å². The molecule has 0 spiro atoms. The van der Waals surface area contributed by atoms with Crippen molar-refractivity contribution in [2.75, 3.05) is 13.6 Å². The normalized spacial score (nSPS) is 24.8. The molecule has 1 aromatic carbocycles. The maximum atomic E-state index is 4.31. The molecule has 2 aliphatic rings. The SMILES string of the molecule is C=C(NC1CCN(C)C(C(=C)C)C1)c1ccc2c(c1)CCCC2. The zero-order valence-corrected chi connectivity index (χ0v) is 14.7. The lowest BCUT2D eigenvalue weighted by Crippen LogP contribution is -2.46. The number of nitrogens with zero attached hydrogens (tertiary/aromatic N) is 1. The minimum atomic E-state index is 0.484. The number of hydrogen-bond acceptors (Lipinski definition) is 2. The van der Waals surface area contributed by atoms with Crippen LogP contribution in [0.3, 0.4) is 0 Å². The van der Waals surface area contributed by atoms with Crippen LogP contribution in [0.4, 0.5) is 0 Å². The highest BCUT2D eigenvalue weighted by Gasteiger charge is 2.26. The lowest BCUT2D eigenvalue weighted by molar-refractivity contribution is 0.187. The number of likely N-dealkylation sites (N-methyl/N-ethyl adjacent to an activating group) is 1. The van der Waals surface area contributed by atoms with Crippen molar-refractivity contribution in [2.24, 2.45) is 0 Å². The number of rotatable bonds is 4. The zero-order chi connectivity index (χ0) is 16.4. The molecular weight excluding hydrogens is 280 g/mol. The average molecular weight is 310 g/mol. The van der Waals surface area contributed by atoms with E-state index in [1.54, 1.807) is 0 Å². The Labute approximate surface area is 141 Å². The van der Waals surface area contributed by atoms with Crippen molar-refractivity contribution in [1.29, 1.82) is 0 Å². The van der Waals surface area contributed by atoms with Crippen LogP contribution in [-0.4, -0.2) is 30.6 Å². The minimum Gasteiger partial charge on any atom is -0.382 e. The fraction of sp³-hybridized carbons (Fsp3) is 0.524. The number of aryl methyl sites for hydroxylation is 2. The molecule has 1 saturated heterocycles. The van der Waals surface area contributed by atoms with Gasteiger partial charge in [0.25, 0.3) is 0 Å². The van der Waals surface area contributed by atoms with Gasteiger partial charge in [0.1, 0.15) is 0 Å². The van der Waals surface area contributed by atoms with Gasteiger partial charge in [-0.15, -0.1) is 0 Å². The summed E-state index contributed by atoms with van der Waals surface area (Å²) in [5.74, 6) is 0. The predicted molar refractivity (Wildman–Crippen MR) is 99.5 cm³/mol. The molecule has 23 heavy (non-hydrogen) atoms. The second-order valence-electron chi connectivity index (χ2n) is 7.38. The van der Waals surface area contributed by atoms with E-state index in [0.29, 0.717) is 12.1 Å². The zero-order valence-electron chi connectivity index (χ0n) is 14.7. The van der Waals surface area contributed by atoms with E-state index < -0.39 is 0 Å². The van der Waals surface area contributed by atoms with E-state index in [4.69, 9.17) is 0 Å². The van der Waals surface area contributed by atoms with Gasteiger partial charge in [-0.25, -0.2) is 0 Å². The van der Waals surface area contributed by atoms with Crippen molar-refractivity contribution in [1.82, 2.24) is 10.2 Å². The molecule has 1 fully saturated rings. The van der Waals surface area contributed by atoms with E-state index in [0.717, 1.165) is 18.7 Å². The van der Waals surface area contributed by atoms with Gasteiger partial charge in [-0.3, -0.25) is 4.90 Å². The van der Waals surface area contributed by atoms with Gasteiger partial charge in [-0.05, 0) is 75.3 Å². The van der Waals surface area contributed by atoms with E-state index in [9.17, 15) is 0 Å². The highest BCUT2D eigenvalue weighted by molar-refractivity contribution is 5.63. The summed E-state index contributed by atoms with van der Waals surface area (Å²) in [6.07, 6.45) is 7.42. The van der Waals surface area contributed by atoms with Gasteiger partial charge in [0.15, 0.2) is 0 Å². The Balaban J connectivity index is 1.66. The third-order valence-corrected chi connectivity index (χ3v) is 5.51. The number of benzene rings is 1. The molecule has 0 bridgehead atoms. The summed E-state index contributed by atoms with van der Waals surface area (Å²) in [6.45, 7) is 11.7. The molecule has 1 aromatic rings. The smallest absolute Gasteiger partial charge is 0.0343 e. The first-order valence-corrected chi connectivity index (χ1v) is 8.98. The molecule has 0 radical (unpaired) electrons. The standard InChI is InChI=1S/C21H30N2/c1-15(2)21-14-20(11-12-23(21)4)22-16(3)18-10-9-17-7-5-6-8-19(17)13-18/h9-10,13,20-22H,1,3,5-8,11-12,14H2,2,4H3. The van der Waals surface area contributed by atoms with Gasteiger partial charge in [0, 0.05) is 24.3 Å². The fourth-order valence-electron chi connectivity index (χ4n) is 4.04. The summed E-state index contributed by atoms with van der Waals surface area (Å²) in [7, 11) is 2.20.